The van der Waals surface area contributed by atoms with Gasteiger partial charge in [-0.05, 0) is 24.6 Å². The molecule has 2 atom stereocenters. The molecule has 1 fully saturated rings. The highest BCUT2D eigenvalue weighted by molar-refractivity contribution is 6.30. The van der Waals surface area contributed by atoms with Gasteiger partial charge in [-0.15, -0.1) is 0 Å². The summed E-state index contributed by atoms with van der Waals surface area (Å²) in [5, 5.41) is 17.0. The number of hydrogen-bond donors (Lipinski definition) is 2. The molecule has 1 aromatic heterocycles. The molecule has 0 bridgehead atoms. The van der Waals surface area contributed by atoms with Crippen molar-refractivity contribution in [2.45, 2.75) is 18.9 Å². The van der Waals surface area contributed by atoms with E-state index in [1.165, 1.54) is 4.68 Å². The van der Waals surface area contributed by atoms with Crippen molar-refractivity contribution < 1.29 is 19.4 Å². The predicted octanol–water partition coefficient (Wildman–Crippen LogP) is 2.35. The van der Waals surface area contributed by atoms with Gasteiger partial charge in [-0.25, -0.2) is 0 Å². The predicted molar refractivity (Wildman–Crippen MR) is 96.1 cm³/mol. The Hall–Kier alpha value is -2.38. The molecule has 0 spiro atoms. The number of benzene rings is 1. The van der Waals surface area contributed by atoms with Crippen LogP contribution in [0.5, 0.6) is 0 Å². The quantitative estimate of drug-likeness (QED) is 0.834. The maximum Gasteiger partial charge on any atom is 0.303 e. The third-order valence-electron chi connectivity index (χ3n) is 4.48. The second-order valence-electron chi connectivity index (χ2n) is 6.35. The van der Waals surface area contributed by atoms with Gasteiger partial charge >= 0.3 is 5.97 Å². The van der Waals surface area contributed by atoms with Crippen LogP contribution in [0.15, 0.2) is 30.3 Å². The van der Waals surface area contributed by atoms with Crippen molar-refractivity contribution in [3.8, 4) is 11.3 Å². The summed E-state index contributed by atoms with van der Waals surface area (Å²) in [4.78, 5) is 23.7. The number of nitrogens with zero attached hydrogens (tertiary/aromatic N) is 2. The Morgan fingerprint density at radius 3 is 2.81 bits per heavy atom. The molecule has 2 aromatic rings. The number of aromatic nitrogens is 2. The average molecular weight is 378 g/mol. The van der Waals surface area contributed by atoms with Gasteiger partial charge in [0.2, 0.25) is 0 Å². The van der Waals surface area contributed by atoms with E-state index in [1.807, 2.05) is 12.1 Å². The van der Waals surface area contributed by atoms with Gasteiger partial charge in [-0.1, -0.05) is 23.7 Å². The smallest absolute Gasteiger partial charge is 0.303 e. The van der Waals surface area contributed by atoms with E-state index in [9.17, 15) is 9.59 Å². The Balaban J connectivity index is 1.75. The molecule has 0 radical (unpaired) electrons. The van der Waals surface area contributed by atoms with Gasteiger partial charge in [0.1, 0.15) is 5.69 Å². The zero-order chi connectivity index (χ0) is 18.7. The minimum Gasteiger partial charge on any atom is -0.481 e. The lowest BCUT2D eigenvalue weighted by atomic mass is 9.92. The number of aliphatic carboxylic acids is 1. The normalized spacial score (nSPS) is 19.9. The maximum atomic E-state index is 12.7. The maximum absolute atomic E-state index is 12.7. The molecule has 0 saturated carbocycles. The summed E-state index contributed by atoms with van der Waals surface area (Å²) in [6.07, 6.45) is 0.554. The van der Waals surface area contributed by atoms with Crippen LogP contribution in [0.1, 0.15) is 23.3 Å². The zero-order valence-electron chi connectivity index (χ0n) is 14.3. The van der Waals surface area contributed by atoms with Crippen molar-refractivity contribution in [3.63, 3.8) is 0 Å². The zero-order valence-corrected chi connectivity index (χ0v) is 15.1. The van der Waals surface area contributed by atoms with Gasteiger partial charge < -0.3 is 15.2 Å². The highest BCUT2D eigenvalue weighted by Gasteiger charge is 2.30. The summed E-state index contributed by atoms with van der Waals surface area (Å²) < 4.78 is 6.87. The first-order valence-electron chi connectivity index (χ1n) is 8.34. The van der Waals surface area contributed by atoms with Crippen LogP contribution in [-0.2, 0) is 16.6 Å². The fraction of sp³-hybridized carbons (Fsp3) is 0.389. The van der Waals surface area contributed by atoms with E-state index in [2.05, 4.69) is 10.4 Å². The van der Waals surface area contributed by atoms with E-state index in [-0.39, 0.29) is 24.3 Å². The van der Waals surface area contributed by atoms with Crippen LogP contribution in [0.25, 0.3) is 11.3 Å². The molecular formula is C18H20ClN3O4. The van der Waals surface area contributed by atoms with E-state index >= 15 is 0 Å². The molecule has 1 aliphatic rings. The van der Waals surface area contributed by atoms with Crippen molar-refractivity contribution in [1.82, 2.24) is 15.1 Å². The summed E-state index contributed by atoms with van der Waals surface area (Å²) in [5.74, 6) is -1.41. The number of nitrogens with one attached hydrogen (secondary N) is 1. The van der Waals surface area contributed by atoms with Crippen molar-refractivity contribution in [3.05, 3.63) is 41.0 Å². The topological polar surface area (TPSA) is 93.5 Å². The lowest BCUT2D eigenvalue weighted by Gasteiger charge is -2.31. The van der Waals surface area contributed by atoms with Crippen LogP contribution < -0.4 is 5.32 Å². The third kappa shape index (κ3) is 4.23. The van der Waals surface area contributed by atoms with Crippen molar-refractivity contribution in [2.75, 3.05) is 13.2 Å². The number of halogens is 1. The van der Waals surface area contributed by atoms with E-state index < -0.39 is 5.97 Å². The number of rotatable bonds is 5. The molecule has 26 heavy (non-hydrogen) atoms. The third-order valence-corrected chi connectivity index (χ3v) is 4.73. The molecule has 1 aromatic carbocycles. The summed E-state index contributed by atoms with van der Waals surface area (Å²) in [7, 11) is 1.70. The first kappa shape index (κ1) is 18.4. The highest BCUT2D eigenvalue weighted by atomic mass is 35.5. The SMILES string of the molecule is Cn1nc(-c2ccc(Cl)cc2)cc1C(=O)NC1CCOCC1CC(=O)O. The molecular weight excluding hydrogens is 358 g/mol. The Bertz CT molecular complexity index is 803. The summed E-state index contributed by atoms with van der Waals surface area (Å²) in [6.45, 7) is 0.834. The van der Waals surface area contributed by atoms with E-state index in [1.54, 1.807) is 25.2 Å². The van der Waals surface area contributed by atoms with Crippen molar-refractivity contribution in [1.29, 1.82) is 0 Å². The summed E-state index contributed by atoms with van der Waals surface area (Å²) in [5.41, 5.74) is 1.94. The molecule has 2 N–H and O–H groups in total. The minimum absolute atomic E-state index is 0.0354. The molecule has 1 saturated heterocycles. The monoisotopic (exact) mass is 377 g/mol. The first-order chi connectivity index (χ1) is 12.4. The molecule has 0 aliphatic carbocycles. The Morgan fingerprint density at radius 1 is 1.38 bits per heavy atom. The van der Waals surface area contributed by atoms with Crippen LogP contribution in [-0.4, -0.2) is 46.0 Å². The molecule has 3 rings (SSSR count). The van der Waals surface area contributed by atoms with Gasteiger partial charge in [-0.2, -0.15) is 5.10 Å². The number of carbonyl (C=O) groups excluding carboxylic acids is 1. The summed E-state index contributed by atoms with van der Waals surface area (Å²) >= 11 is 5.90. The highest BCUT2D eigenvalue weighted by Crippen LogP contribution is 2.22. The van der Waals surface area contributed by atoms with E-state index in [0.29, 0.717) is 36.0 Å². The second kappa shape index (κ2) is 7.88. The van der Waals surface area contributed by atoms with Crippen LogP contribution in [0.3, 0.4) is 0 Å². The molecule has 8 heteroatoms. The largest absolute Gasteiger partial charge is 0.481 e. The van der Waals surface area contributed by atoms with Crippen LogP contribution >= 0.6 is 11.6 Å². The molecule has 7 nitrogen and oxygen atoms in total. The van der Waals surface area contributed by atoms with E-state index in [0.717, 1.165) is 5.56 Å². The van der Waals surface area contributed by atoms with Gasteiger partial charge in [-0.3, -0.25) is 14.3 Å². The minimum atomic E-state index is -0.898. The number of carbonyl (C=O) groups is 2. The fourth-order valence-electron chi connectivity index (χ4n) is 3.10. The molecule has 1 amide bonds. The van der Waals surface area contributed by atoms with Gasteiger partial charge in [0.25, 0.3) is 5.91 Å². The number of hydrogen-bond acceptors (Lipinski definition) is 4. The lowest BCUT2D eigenvalue weighted by Crippen LogP contribution is -2.46. The Kier molecular flexibility index (Phi) is 5.58. The summed E-state index contributed by atoms with van der Waals surface area (Å²) in [6, 6.07) is 8.69. The number of carboxylic acid groups (broad SMARTS) is 1. The number of carboxylic acids is 1. The van der Waals surface area contributed by atoms with Gasteiger partial charge in [0.15, 0.2) is 0 Å². The van der Waals surface area contributed by atoms with Crippen molar-refractivity contribution in [2.24, 2.45) is 13.0 Å². The fourth-order valence-corrected chi connectivity index (χ4v) is 3.22. The second-order valence-corrected chi connectivity index (χ2v) is 6.78. The van der Waals surface area contributed by atoms with Gasteiger partial charge in [0, 0.05) is 36.2 Å². The lowest BCUT2D eigenvalue weighted by molar-refractivity contribution is -0.139. The number of ether oxygens (including phenoxy) is 1. The standard InChI is InChI=1S/C18H20ClN3O4/c1-22-16(9-15(21-22)11-2-4-13(19)5-3-11)18(25)20-14-6-7-26-10-12(14)8-17(23)24/h2-5,9,12,14H,6-8,10H2,1H3,(H,20,25)(H,23,24). The van der Waals surface area contributed by atoms with Gasteiger partial charge in [0.05, 0.1) is 18.7 Å². The molecule has 1 aliphatic heterocycles. The first-order valence-corrected chi connectivity index (χ1v) is 8.72. The average Bonchev–Trinajstić information content (AvgIpc) is 2.99. The Morgan fingerprint density at radius 2 is 2.12 bits per heavy atom. The molecule has 2 heterocycles. The number of aryl methyl sites for hydroxylation is 1. The molecule has 138 valence electrons. The van der Waals surface area contributed by atoms with Crippen LogP contribution in [0, 0.1) is 5.92 Å². The van der Waals surface area contributed by atoms with Crippen LogP contribution in [0.2, 0.25) is 5.02 Å². The van der Waals surface area contributed by atoms with Crippen LogP contribution in [0.4, 0.5) is 0 Å². The van der Waals surface area contributed by atoms with Crippen molar-refractivity contribution >= 4 is 23.5 Å². The number of amides is 1. The Labute approximate surface area is 155 Å². The van der Waals surface area contributed by atoms with E-state index in [4.69, 9.17) is 21.4 Å². The molecule has 2 unspecified atom stereocenters.